The highest BCUT2D eigenvalue weighted by atomic mass is 32.2. The normalized spacial score (nSPS) is 20.3. The van der Waals surface area contributed by atoms with Gasteiger partial charge in [-0.15, -0.1) is 0 Å². The van der Waals surface area contributed by atoms with Crippen LogP contribution in [0.25, 0.3) is 11.3 Å². The molecule has 1 aliphatic rings. The van der Waals surface area contributed by atoms with Gasteiger partial charge in [0.2, 0.25) is 0 Å². The molecule has 8 heteroatoms. The van der Waals surface area contributed by atoms with Gasteiger partial charge in [0.1, 0.15) is 6.10 Å². The Balaban J connectivity index is 1.96. The first-order chi connectivity index (χ1) is 12.3. The highest BCUT2D eigenvalue weighted by molar-refractivity contribution is 7.93. The van der Waals surface area contributed by atoms with Gasteiger partial charge < -0.3 is 14.4 Å². The van der Waals surface area contributed by atoms with Gasteiger partial charge in [-0.25, -0.2) is 4.98 Å². The van der Waals surface area contributed by atoms with Crippen molar-refractivity contribution in [3.8, 4) is 11.3 Å². The van der Waals surface area contributed by atoms with Crippen LogP contribution in [-0.2, 0) is 10.4 Å². The first-order valence-corrected chi connectivity index (χ1v) is 9.30. The highest BCUT2D eigenvalue weighted by Crippen LogP contribution is 2.34. The van der Waals surface area contributed by atoms with Gasteiger partial charge in [-0.3, -0.25) is 0 Å². The van der Waals surface area contributed by atoms with Gasteiger partial charge in [0.25, 0.3) is 0 Å². The van der Waals surface area contributed by atoms with Crippen LogP contribution in [0.3, 0.4) is 0 Å². The number of fused-ring (bicyclic) bond motifs is 1. The second-order valence-corrected chi connectivity index (χ2v) is 6.78. The predicted molar refractivity (Wildman–Crippen MR) is 99.4 cm³/mol. The summed E-state index contributed by atoms with van der Waals surface area (Å²) in [7, 11) is 1.95. The zero-order valence-electron chi connectivity index (χ0n) is 14.7. The summed E-state index contributed by atoms with van der Waals surface area (Å²) >= 11 is 1.31. The van der Waals surface area contributed by atoms with E-state index < -0.39 is 11.7 Å². The van der Waals surface area contributed by atoms with Crippen molar-refractivity contribution in [2.45, 2.75) is 25.2 Å². The van der Waals surface area contributed by atoms with E-state index in [1.165, 1.54) is 18.1 Å². The lowest BCUT2D eigenvalue weighted by Crippen LogP contribution is -2.37. The number of rotatable bonds is 3. The fourth-order valence-corrected chi connectivity index (χ4v) is 3.43. The Kier molecular flexibility index (Phi) is 5.34. The van der Waals surface area contributed by atoms with E-state index in [1.54, 1.807) is 12.1 Å². The summed E-state index contributed by atoms with van der Waals surface area (Å²) in [6, 6.07) is 8.84. The van der Waals surface area contributed by atoms with Crippen LogP contribution in [0.1, 0.15) is 12.5 Å². The minimum atomic E-state index is -4.38. The second-order valence-electron chi connectivity index (χ2n) is 6.26. The molecule has 0 unspecified atom stereocenters. The van der Waals surface area contributed by atoms with E-state index in [4.69, 9.17) is 4.18 Å². The molecule has 2 aromatic rings. The molecule has 0 amide bonds. The molecule has 140 valence electrons. The molecule has 0 spiro atoms. The van der Waals surface area contributed by atoms with Crippen molar-refractivity contribution in [1.82, 2.24) is 4.98 Å². The summed E-state index contributed by atoms with van der Waals surface area (Å²) in [6.07, 6.45) is -2.55. The van der Waals surface area contributed by atoms with E-state index in [1.807, 2.05) is 31.2 Å². The predicted octanol–water partition coefficient (Wildman–Crippen LogP) is 4.68. The molecule has 26 heavy (non-hydrogen) atoms. The molecule has 1 aliphatic heterocycles. The minimum absolute atomic E-state index is 0.00964. The number of halogens is 3. The van der Waals surface area contributed by atoms with Crippen molar-refractivity contribution < 1.29 is 17.4 Å². The lowest BCUT2D eigenvalue weighted by atomic mass is 10.1. The Morgan fingerprint density at radius 1 is 1.27 bits per heavy atom. The first kappa shape index (κ1) is 18.8. The summed E-state index contributed by atoms with van der Waals surface area (Å²) in [5.74, 6) is 0.641. The van der Waals surface area contributed by atoms with Crippen molar-refractivity contribution in [1.29, 1.82) is 0 Å². The van der Waals surface area contributed by atoms with Gasteiger partial charge in [0, 0.05) is 25.4 Å². The molecule has 1 aromatic carbocycles. The van der Waals surface area contributed by atoms with Gasteiger partial charge in [0.15, 0.2) is 5.82 Å². The van der Waals surface area contributed by atoms with Crippen molar-refractivity contribution in [2.24, 2.45) is 0 Å². The number of nitrogens with zero attached hydrogens (tertiary/aromatic N) is 2. The summed E-state index contributed by atoms with van der Waals surface area (Å²) in [5.41, 5.74) is 1.13. The molecule has 0 aliphatic carbocycles. The summed E-state index contributed by atoms with van der Waals surface area (Å²) in [4.78, 5) is 6.62. The molecule has 2 heterocycles. The average molecular weight is 383 g/mol. The van der Waals surface area contributed by atoms with E-state index in [0.717, 1.165) is 17.8 Å². The highest BCUT2D eigenvalue weighted by Gasteiger charge is 2.31. The van der Waals surface area contributed by atoms with Gasteiger partial charge in [-0.05, 0) is 43.2 Å². The quantitative estimate of drug-likeness (QED) is 0.779. The van der Waals surface area contributed by atoms with Crippen molar-refractivity contribution in [2.75, 3.05) is 30.1 Å². The number of likely N-dealkylation sites (N-methyl/N-ethyl adjacent to an activating group) is 1. The molecular formula is C18H20F3N3OS. The van der Waals surface area contributed by atoms with Crippen LogP contribution in [0.15, 0.2) is 36.4 Å². The maximum atomic E-state index is 13.0. The second kappa shape index (κ2) is 7.36. The van der Waals surface area contributed by atoms with Crippen LogP contribution in [-0.4, -0.2) is 37.0 Å². The molecule has 1 aromatic heterocycles. The van der Waals surface area contributed by atoms with Gasteiger partial charge in [0.05, 0.1) is 23.0 Å². The van der Waals surface area contributed by atoms with E-state index in [2.05, 4.69) is 10.3 Å². The average Bonchev–Trinajstić information content (AvgIpc) is 2.71. The Labute approximate surface area is 155 Å². The fraction of sp³-hybridized carbons (Fsp3) is 0.389. The Hall–Kier alpha value is -1.93. The molecule has 0 fully saturated rings. The molecule has 0 bridgehead atoms. The lowest BCUT2D eigenvalue weighted by molar-refractivity contribution is -0.137. The number of alkyl halides is 3. The maximum Gasteiger partial charge on any atom is 0.416 e. The van der Waals surface area contributed by atoms with Gasteiger partial charge >= 0.3 is 6.18 Å². The minimum Gasteiger partial charge on any atom is -0.369 e. The monoisotopic (exact) mass is 383 g/mol. The number of hydrogen-bond acceptors (Lipinski definition) is 5. The maximum absolute atomic E-state index is 13.0. The lowest BCUT2D eigenvalue weighted by Gasteiger charge is -2.24. The Morgan fingerprint density at radius 2 is 2.04 bits per heavy atom. The zero-order valence-corrected chi connectivity index (χ0v) is 15.5. The third-order valence-electron chi connectivity index (χ3n) is 4.37. The number of benzene rings is 1. The number of hydrogen-bond donors (Lipinski definition) is 1. The fourth-order valence-electron chi connectivity index (χ4n) is 2.95. The Bertz CT molecular complexity index is 785. The molecule has 2 atom stereocenters. The van der Waals surface area contributed by atoms with Crippen LogP contribution in [0.5, 0.6) is 0 Å². The van der Waals surface area contributed by atoms with Crippen molar-refractivity contribution in [3.63, 3.8) is 0 Å². The molecule has 4 nitrogen and oxygen atoms in total. The van der Waals surface area contributed by atoms with Crippen molar-refractivity contribution in [3.05, 3.63) is 42.0 Å². The van der Waals surface area contributed by atoms with Crippen molar-refractivity contribution >= 4 is 23.5 Å². The first-order valence-electron chi connectivity index (χ1n) is 8.15. The molecule has 0 radical (unpaired) electrons. The van der Waals surface area contributed by atoms with E-state index in [0.29, 0.717) is 23.6 Å². The standard InChI is InChI=1S/C18H20F3N3OS/c1-11-16(25-26-3)10-24(2)15-8-7-14(23-17(15)22-11)12-5-4-6-13(9-12)18(19,20)21/h4-9,11,16H,10H2,1-3H3,(H,22,23)/t11-,16-/m1/s1. The van der Waals surface area contributed by atoms with E-state index >= 15 is 0 Å². The zero-order chi connectivity index (χ0) is 18.9. The van der Waals surface area contributed by atoms with E-state index in [9.17, 15) is 13.2 Å². The molecular weight excluding hydrogens is 363 g/mol. The Morgan fingerprint density at radius 3 is 2.73 bits per heavy atom. The molecule has 0 saturated carbocycles. The summed E-state index contributed by atoms with van der Waals surface area (Å²) in [5, 5.41) is 3.33. The number of aromatic nitrogens is 1. The molecule has 1 N–H and O–H groups in total. The molecule has 0 saturated heterocycles. The topological polar surface area (TPSA) is 37.4 Å². The third-order valence-corrected chi connectivity index (χ3v) is 4.81. The van der Waals surface area contributed by atoms with Gasteiger partial charge in [-0.1, -0.05) is 12.1 Å². The number of pyridine rings is 1. The van der Waals surface area contributed by atoms with Gasteiger partial charge in [-0.2, -0.15) is 13.2 Å². The summed E-state index contributed by atoms with van der Waals surface area (Å²) < 4.78 is 44.6. The third kappa shape index (κ3) is 3.91. The van der Waals surface area contributed by atoms with Crippen LogP contribution in [0.4, 0.5) is 24.7 Å². The molecule has 3 rings (SSSR count). The van der Waals surface area contributed by atoms with E-state index in [-0.39, 0.29) is 12.1 Å². The van der Waals surface area contributed by atoms with Crippen LogP contribution >= 0.6 is 12.0 Å². The number of nitrogens with one attached hydrogen (secondary N) is 1. The SMILES string of the molecule is CSO[C@@H]1CN(C)c2ccc(-c3cccc(C(F)(F)F)c3)nc2N[C@@H]1C. The largest absolute Gasteiger partial charge is 0.416 e. The van der Waals surface area contributed by atoms with Crippen LogP contribution in [0.2, 0.25) is 0 Å². The smallest absolute Gasteiger partial charge is 0.369 e. The summed E-state index contributed by atoms with van der Waals surface area (Å²) in [6.45, 7) is 2.69. The van der Waals surface area contributed by atoms with Crippen LogP contribution in [0, 0.1) is 0 Å². The van der Waals surface area contributed by atoms with Crippen LogP contribution < -0.4 is 10.2 Å². The number of anilines is 2.